The van der Waals surface area contributed by atoms with Gasteiger partial charge in [-0.1, -0.05) is 12.1 Å². The van der Waals surface area contributed by atoms with E-state index in [-0.39, 0.29) is 13.1 Å². The number of esters is 1. The molecule has 2 amide bonds. The normalized spacial score (nSPS) is 11.3. The van der Waals surface area contributed by atoms with Crippen molar-refractivity contribution in [1.82, 2.24) is 10.6 Å². The Morgan fingerprint density at radius 3 is 2.59 bits per heavy atom. The van der Waals surface area contributed by atoms with Crippen molar-refractivity contribution in [3.63, 3.8) is 0 Å². The van der Waals surface area contributed by atoms with Crippen LogP contribution in [0.1, 0.15) is 30.0 Å². The van der Waals surface area contributed by atoms with E-state index in [9.17, 15) is 14.4 Å². The zero-order chi connectivity index (χ0) is 19.6. The number of nitrogens with one attached hydrogen (secondary N) is 2. The van der Waals surface area contributed by atoms with Crippen LogP contribution in [-0.2, 0) is 20.9 Å². The highest BCUT2D eigenvalue weighted by molar-refractivity contribution is 5.98. The van der Waals surface area contributed by atoms with E-state index >= 15 is 0 Å². The number of furan rings is 1. The summed E-state index contributed by atoms with van der Waals surface area (Å²) < 4.78 is 15.5. The highest BCUT2D eigenvalue weighted by Crippen LogP contribution is 2.17. The molecule has 0 unspecified atom stereocenters. The highest BCUT2D eigenvalue weighted by atomic mass is 16.5. The summed E-state index contributed by atoms with van der Waals surface area (Å²) in [6.07, 6.45) is 0.497. The summed E-state index contributed by atoms with van der Waals surface area (Å²) in [5, 5.41) is 5.04. The molecule has 1 atom stereocenters. The Morgan fingerprint density at radius 2 is 1.89 bits per heavy atom. The van der Waals surface area contributed by atoms with Crippen LogP contribution in [0.15, 0.2) is 47.1 Å². The fourth-order valence-corrected chi connectivity index (χ4v) is 2.21. The van der Waals surface area contributed by atoms with E-state index in [1.165, 1.54) is 13.2 Å². The molecule has 0 aliphatic carbocycles. The topological polar surface area (TPSA) is 107 Å². The first kappa shape index (κ1) is 20.0. The minimum absolute atomic E-state index is 0.193. The Kier molecular flexibility index (Phi) is 7.42. The molecule has 2 rings (SSSR count). The van der Waals surface area contributed by atoms with E-state index in [1.807, 2.05) is 6.92 Å². The van der Waals surface area contributed by atoms with Gasteiger partial charge in [0.1, 0.15) is 18.1 Å². The van der Waals surface area contributed by atoms with Gasteiger partial charge >= 0.3 is 5.97 Å². The summed E-state index contributed by atoms with van der Waals surface area (Å²) >= 11 is 0. The van der Waals surface area contributed by atoms with Gasteiger partial charge in [0.25, 0.3) is 11.8 Å². The average molecular weight is 374 g/mol. The molecule has 2 N–H and O–H groups in total. The largest absolute Gasteiger partial charge is 0.493 e. The van der Waals surface area contributed by atoms with E-state index in [4.69, 9.17) is 13.9 Å². The van der Waals surface area contributed by atoms with Gasteiger partial charge < -0.3 is 24.5 Å². The number of ether oxygens (including phenoxy) is 2. The smallest absolute Gasteiger partial charge is 0.326 e. The third kappa shape index (κ3) is 6.18. The summed E-state index contributed by atoms with van der Waals surface area (Å²) in [6.45, 7) is 3.50. The quantitative estimate of drug-likeness (QED) is 0.647. The molecule has 0 fully saturated rings. The molecule has 0 aliphatic heterocycles. The minimum atomic E-state index is -1.000. The molecule has 8 nitrogen and oxygen atoms in total. The molecular weight excluding hydrogens is 352 g/mol. The number of carbonyl (C=O) groups is 3. The van der Waals surface area contributed by atoms with Crippen molar-refractivity contribution in [2.75, 3.05) is 13.2 Å². The molecule has 0 spiro atoms. The number of rotatable bonds is 9. The summed E-state index contributed by atoms with van der Waals surface area (Å²) in [5.41, 5.74) is 0.316. The average Bonchev–Trinajstić information content (AvgIpc) is 3.18. The lowest BCUT2D eigenvalue weighted by atomic mass is 10.2. The summed E-state index contributed by atoms with van der Waals surface area (Å²) in [6, 6.07) is 10.1. The number of carbonyl (C=O) groups excluding carboxylic acids is 3. The fourth-order valence-electron chi connectivity index (χ4n) is 2.21. The van der Waals surface area contributed by atoms with Crippen molar-refractivity contribution in [3.05, 3.63) is 54.0 Å². The molecule has 0 bridgehead atoms. The standard InChI is InChI=1S/C19H22N2O6/c1-3-25-16-9-5-4-8-15(16)19(24)21-12-17(22)27-13(2)18(23)20-11-14-7-6-10-26-14/h4-10,13H,3,11-12H2,1-2H3,(H,20,23)(H,21,24)/t13-/m1/s1. The number of hydrogen-bond donors (Lipinski definition) is 2. The SMILES string of the molecule is CCOc1ccccc1C(=O)NCC(=O)O[C@H](C)C(=O)NCc1ccco1. The Bertz CT molecular complexity index is 772. The molecule has 2 aromatic rings. The van der Waals surface area contributed by atoms with Gasteiger partial charge in [-0.25, -0.2) is 0 Å². The Hall–Kier alpha value is -3.29. The van der Waals surface area contributed by atoms with Gasteiger partial charge in [0.15, 0.2) is 6.10 Å². The van der Waals surface area contributed by atoms with Crippen LogP contribution in [0.3, 0.4) is 0 Å². The first-order chi connectivity index (χ1) is 13.0. The molecule has 0 saturated heterocycles. The predicted molar refractivity (Wildman–Crippen MR) is 96.1 cm³/mol. The maximum atomic E-state index is 12.2. The van der Waals surface area contributed by atoms with Gasteiger partial charge in [0.05, 0.1) is 25.0 Å². The third-order valence-corrected chi connectivity index (χ3v) is 3.52. The van der Waals surface area contributed by atoms with Crippen molar-refractivity contribution in [1.29, 1.82) is 0 Å². The van der Waals surface area contributed by atoms with Crippen LogP contribution in [0.2, 0.25) is 0 Å². The first-order valence-electron chi connectivity index (χ1n) is 8.50. The first-order valence-corrected chi connectivity index (χ1v) is 8.50. The van der Waals surface area contributed by atoms with Crippen molar-refractivity contribution in [3.8, 4) is 5.75 Å². The van der Waals surface area contributed by atoms with Crippen molar-refractivity contribution >= 4 is 17.8 Å². The van der Waals surface area contributed by atoms with Gasteiger partial charge in [-0.3, -0.25) is 14.4 Å². The maximum absolute atomic E-state index is 12.2. The van der Waals surface area contributed by atoms with Crippen LogP contribution >= 0.6 is 0 Å². The third-order valence-electron chi connectivity index (χ3n) is 3.52. The lowest BCUT2D eigenvalue weighted by Crippen LogP contribution is -2.38. The van der Waals surface area contributed by atoms with Crippen LogP contribution in [0.25, 0.3) is 0 Å². The second-order valence-corrected chi connectivity index (χ2v) is 5.54. The number of para-hydroxylation sites is 1. The van der Waals surface area contributed by atoms with Gasteiger partial charge in [0.2, 0.25) is 0 Å². The van der Waals surface area contributed by atoms with E-state index in [1.54, 1.807) is 36.4 Å². The van der Waals surface area contributed by atoms with Gasteiger partial charge in [-0.2, -0.15) is 0 Å². The Balaban J connectivity index is 1.78. The van der Waals surface area contributed by atoms with Crippen LogP contribution in [0.5, 0.6) is 5.75 Å². The maximum Gasteiger partial charge on any atom is 0.326 e. The van der Waals surface area contributed by atoms with Crippen LogP contribution in [0.4, 0.5) is 0 Å². The Morgan fingerprint density at radius 1 is 1.11 bits per heavy atom. The van der Waals surface area contributed by atoms with E-state index in [2.05, 4.69) is 10.6 Å². The minimum Gasteiger partial charge on any atom is -0.493 e. The van der Waals surface area contributed by atoms with Crippen LogP contribution in [-0.4, -0.2) is 37.0 Å². The molecule has 1 aromatic carbocycles. The lowest BCUT2D eigenvalue weighted by molar-refractivity contribution is -0.153. The van der Waals surface area contributed by atoms with Gasteiger partial charge in [0, 0.05) is 0 Å². The van der Waals surface area contributed by atoms with Crippen molar-refractivity contribution in [2.24, 2.45) is 0 Å². The molecule has 8 heteroatoms. The fraction of sp³-hybridized carbons (Fsp3) is 0.316. The van der Waals surface area contributed by atoms with Gasteiger partial charge in [-0.05, 0) is 38.1 Å². The van der Waals surface area contributed by atoms with Crippen molar-refractivity contribution < 1.29 is 28.3 Å². The molecule has 27 heavy (non-hydrogen) atoms. The molecule has 0 radical (unpaired) electrons. The highest BCUT2D eigenvalue weighted by Gasteiger charge is 2.19. The Labute approximate surface area is 156 Å². The zero-order valence-electron chi connectivity index (χ0n) is 15.2. The number of hydrogen-bond acceptors (Lipinski definition) is 6. The van der Waals surface area contributed by atoms with Gasteiger partial charge in [-0.15, -0.1) is 0 Å². The molecule has 0 aliphatic rings. The van der Waals surface area contributed by atoms with Crippen LogP contribution < -0.4 is 15.4 Å². The number of benzene rings is 1. The zero-order valence-corrected chi connectivity index (χ0v) is 15.2. The lowest BCUT2D eigenvalue weighted by Gasteiger charge is -2.14. The molecule has 1 aromatic heterocycles. The molecule has 0 saturated carbocycles. The number of amides is 2. The van der Waals surface area contributed by atoms with E-state index < -0.39 is 23.9 Å². The summed E-state index contributed by atoms with van der Waals surface area (Å²) in [4.78, 5) is 36.0. The van der Waals surface area contributed by atoms with Crippen molar-refractivity contribution in [2.45, 2.75) is 26.5 Å². The molecule has 144 valence electrons. The second-order valence-electron chi connectivity index (χ2n) is 5.54. The van der Waals surface area contributed by atoms with E-state index in [0.29, 0.717) is 23.7 Å². The second kappa shape index (κ2) is 10.0. The summed E-state index contributed by atoms with van der Waals surface area (Å²) in [7, 11) is 0. The van der Waals surface area contributed by atoms with Crippen LogP contribution in [0, 0.1) is 0 Å². The molecule has 1 heterocycles. The molecular formula is C19H22N2O6. The monoisotopic (exact) mass is 374 g/mol. The predicted octanol–water partition coefficient (Wildman–Crippen LogP) is 1.66. The van der Waals surface area contributed by atoms with E-state index in [0.717, 1.165) is 0 Å². The summed E-state index contributed by atoms with van der Waals surface area (Å²) in [5.74, 6) is -0.643.